The number of rotatable bonds is 4. The molecule has 1 aliphatic carbocycles. The zero-order valence-electron chi connectivity index (χ0n) is 13.0. The summed E-state index contributed by atoms with van der Waals surface area (Å²) < 4.78 is 24.6. The van der Waals surface area contributed by atoms with Gasteiger partial charge in [-0.15, -0.1) is 0 Å². The first-order valence-corrected chi connectivity index (χ1v) is 8.55. The van der Waals surface area contributed by atoms with Crippen molar-refractivity contribution in [2.75, 3.05) is 5.32 Å². The predicted molar refractivity (Wildman–Crippen MR) is 87.1 cm³/mol. The number of hydrogen-bond donors (Lipinski definition) is 1. The maximum absolute atomic E-state index is 12.3. The van der Waals surface area contributed by atoms with Crippen LogP contribution in [0.25, 0.3) is 0 Å². The van der Waals surface area contributed by atoms with Crippen LogP contribution in [0.2, 0.25) is 0 Å². The third-order valence-electron chi connectivity index (χ3n) is 4.31. The second-order valence-electron chi connectivity index (χ2n) is 6.91. The molecule has 2 unspecified atom stereocenters. The molecule has 0 bridgehead atoms. The molecule has 1 aromatic carbocycles. The molecule has 1 aromatic rings. The number of hydrogen-bond acceptors (Lipinski definition) is 2. The average molecular weight is 313 g/mol. The zero-order valence-corrected chi connectivity index (χ0v) is 13.9. The molecule has 1 saturated carbocycles. The molecular formula is C17H25F2NS. The van der Waals surface area contributed by atoms with Crippen molar-refractivity contribution >= 4 is 17.4 Å². The van der Waals surface area contributed by atoms with Gasteiger partial charge in [0.1, 0.15) is 0 Å². The van der Waals surface area contributed by atoms with E-state index in [-0.39, 0.29) is 0 Å². The molecule has 2 atom stereocenters. The Morgan fingerprint density at radius 2 is 1.71 bits per heavy atom. The Morgan fingerprint density at radius 3 is 2.29 bits per heavy atom. The summed E-state index contributed by atoms with van der Waals surface area (Å²) in [6.07, 6.45) is 5.03. The number of alkyl halides is 2. The molecule has 0 heterocycles. The second kappa shape index (κ2) is 6.99. The minimum Gasteiger partial charge on any atom is -0.382 e. The summed E-state index contributed by atoms with van der Waals surface area (Å²) in [5.41, 5.74) is 1.33. The van der Waals surface area contributed by atoms with Crippen molar-refractivity contribution in [2.24, 2.45) is 11.3 Å². The minimum atomic E-state index is -2.35. The first-order valence-electron chi connectivity index (χ1n) is 7.67. The summed E-state index contributed by atoms with van der Waals surface area (Å²) in [7, 11) is 0. The van der Waals surface area contributed by atoms with Gasteiger partial charge in [-0.05, 0) is 48.4 Å². The predicted octanol–water partition coefficient (Wildman–Crippen LogP) is 6.02. The van der Waals surface area contributed by atoms with Crippen molar-refractivity contribution in [3.05, 3.63) is 24.3 Å². The molecule has 1 fully saturated rings. The number of thioether (sulfide) groups is 1. The van der Waals surface area contributed by atoms with Gasteiger partial charge in [0.05, 0.1) is 0 Å². The SMILES string of the molecule is CC(C)(C)C1CCCCC1Nc1ccc(SC(F)F)cc1. The van der Waals surface area contributed by atoms with Crippen LogP contribution in [0.1, 0.15) is 46.5 Å². The van der Waals surface area contributed by atoms with E-state index in [1.165, 1.54) is 25.7 Å². The monoisotopic (exact) mass is 313 g/mol. The maximum atomic E-state index is 12.3. The van der Waals surface area contributed by atoms with Crippen molar-refractivity contribution in [1.29, 1.82) is 0 Å². The lowest BCUT2D eigenvalue weighted by Crippen LogP contribution is -2.39. The molecule has 21 heavy (non-hydrogen) atoms. The molecule has 1 nitrogen and oxygen atoms in total. The van der Waals surface area contributed by atoms with E-state index < -0.39 is 5.76 Å². The summed E-state index contributed by atoms with van der Waals surface area (Å²) in [6, 6.07) is 7.85. The Bertz CT molecular complexity index is 439. The second-order valence-corrected chi connectivity index (χ2v) is 7.97. The number of nitrogens with one attached hydrogen (secondary N) is 1. The van der Waals surface area contributed by atoms with Crippen molar-refractivity contribution in [2.45, 2.75) is 63.1 Å². The van der Waals surface area contributed by atoms with E-state index in [0.717, 1.165) is 5.69 Å². The molecule has 4 heteroatoms. The van der Waals surface area contributed by atoms with Crippen LogP contribution in [-0.4, -0.2) is 11.8 Å². The Kier molecular flexibility index (Phi) is 5.53. The van der Waals surface area contributed by atoms with Crippen LogP contribution in [0.4, 0.5) is 14.5 Å². The fourth-order valence-corrected chi connectivity index (χ4v) is 3.79. The van der Waals surface area contributed by atoms with Gasteiger partial charge < -0.3 is 5.32 Å². The summed E-state index contributed by atoms with van der Waals surface area (Å²) >= 11 is 0.597. The van der Waals surface area contributed by atoms with Crippen molar-refractivity contribution in [1.82, 2.24) is 0 Å². The summed E-state index contributed by atoms with van der Waals surface area (Å²) in [5, 5.41) is 3.62. The van der Waals surface area contributed by atoms with Crippen LogP contribution in [0.15, 0.2) is 29.2 Å². The Morgan fingerprint density at radius 1 is 1.10 bits per heavy atom. The molecule has 1 aliphatic rings. The smallest absolute Gasteiger partial charge is 0.288 e. The van der Waals surface area contributed by atoms with E-state index in [4.69, 9.17) is 0 Å². The highest BCUT2D eigenvalue weighted by atomic mass is 32.2. The Balaban J connectivity index is 2.02. The lowest BCUT2D eigenvalue weighted by Gasteiger charge is -2.41. The van der Waals surface area contributed by atoms with Crippen LogP contribution in [-0.2, 0) is 0 Å². The quantitative estimate of drug-likeness (QED) is 0.682. The summed E-state index contributed by atoms with van der Waals surface area (Å²) in [5.74, 6) is -1.70. The lowest BCUT2D eigenvalue weighted by molar-refractivity contribution is 0.163. The molecule has 118 valence electrons. The number of anilines is 1. The van der Waals surface area contributed by atoms with Gasteiger partial charge in [-0.3, -0.25) is 0 Å². The van der Waals surface area contributed by atoms with Crippen molar-refractivity contribution < 1.29 is 8.78 Å². The van der Waals surface area contributed by atoms with E-state index in [2.05, 4.69) is 26.1 Å². The van der Waals surface area contributed by atoms with Gasteiger partial charge in [-0.25, -0.2) is 0 Å². The molecule has 0 aromatic heterocycles. The fourth-order valence-electron chi connectivity index (χ4n) is 3.29. The van der Waals surface area contributed by atoms with Gasteiger partial charge in [0, 0.05) is 16.6 Å². The van der Waals surface area contributed by atoms with Crippen LogP contribution >= 0.6 is 11.8 Å². The molecule has 0 saturated heterocycles. The average Bonchev–Trinajstić information content (AvgIpc) is 2.40. The summed E-state index contributed by atoms with van der Waals surface area (Å²) in [4.78, 5) is 0.617. The highest BCUT2D eigenvalue weighted by Gasteiger charge is 2.33. The lowest BCUT2D eigenvalue weighted by atomic mass is 9.69. The fraction of sp³-hybridized carbons (Fsp3) is 0.647. The van der Waals surface area contributed by atoms with Crippen molar-refractivity contribution in [3.8, 4) is 0 Å². The van der Waals surface area contributed by atoms with Gasteiger partial charge in [-0.2, -0.15) is 8.78 Å². The van der Waals surface area contributed by atoms with Gasteiger partial charge in [0.15, 0.2) is 0 Å². The van der Waals surface area contributed by atoms with E-state index in [1.54, 1.807) is 12.1 Å². The first kappa shape index (κ1) is 16.6. The number of halogens is 2. The highest BCUT2D eigenvalue weighted by Crippen LogP contribution is 2.39. The molecule has 2 rings (SSSR count). The van der Waals surface area contributed by atoms with Crippen molar-refractivity contribution in [3.63, 3.8) is 0 Å². The Hall–Kier alpha value is -0.770. The van der Waals surface area contributed by atoms with E-state index in [1.807, 2.05) is 12.1 Å². The van der Waals surface area contributed by atoms with Gasteiger partial charge in [-0.1, -0.05) is 45.4 Å². The van der Waals surface area contributed by atoms with Crippen LogP contribution in [0, 0.1) is 11.3 Å². The number of benzene rings is 1. The topological polar surface area (TPSA) is 12.0 Å². The first-order chi connectivity index (χ1) is 9.86. The standard InChI is InChI=1S/C17H25F2NS/c1-17(2,3)14-6-4-5-7-15(14)20-12-8-10-13(11-9-12)21-16(18)19/h8-11,14-16,20H,4-7H2,1-3H3. The van der Waals surface area contributed by atoms with E-state index >= 15 is 0 Å². The molecular weight excluding hydrogens is 288 g/mol. The molecule has 1 N–H and O–H groups in total. The normalized spacial score (nSPS) is 23.3. The van der Waals surface area contributed by atoms with Gasteiger partial charge in [0.2, 0.25) is 0 Å². The van der Waals surface area contributed by atoms with Crippen LogP contribution in [0.3, 0.4) is 0 Å². The van der Waals surface area contributed by atoms with Gasteiger partial charge >= 0.3 is 0 Å². The Labute approximate surface area is 130 Å². The largest absolute Gasteiger partial charge is 0.382 e. The maximum Gasteiger partial charge on any atom is 0.288 e. The van der Waals surface area contributed by atoms with E-state index in [9.17, 15) is 8.78 Å². The van der Waals surface area contributed by atoms with Crippen LogP contribution < -0.4 is 5.32 Å². The third kappa shape index (κ3) is 4.87. The minimum absolute atomic E-state index is 0.295. The van der Waals surface area contributed by atoms with E-state index in [0.29, 0.717) is 34.0 Å². The summed E-state index contributed by atoms with van der Waals surface area (Å²) in [6.45, 7) is 6.92. The molecule has 0 spiro atoms. The highest BCUT2D eigenvalue weighted by molar-refractivity contribution is 7.99. The zero-order chi connectivity index (χ0) is 15.5. The third-order valence-corrected chi connectivity index (χ3v) is 5.03. The van der Waals surface area contributed by atoms with Crippen LogP contribution in [0.5, 0.6) is 0 Å². The van der Waals surface area contributed by atoms with Gasteiger partial charge in [0.25, 0.3) is 5.76 Å². The molecule has 0 aliphatic heterocycles. The molecule has 0 radical (unpaired) electrons. The molecule has 0 amide bonds.